The Hall–Kier alpha value is -2.56. The SMILES string of the molecule is O=[N+]([O-])c1ccccc1N[C@@H]1COc2ccccc2C1. The minimum atomic E-state index is -0.375. The highest BCUT2D eigenvalue weighted by atomic mass is 16.6. The molecule has 3 rings (SSSR count). The monoisotopic (exact) mass is 270 g/mol. The Kier molecular flexibility index (Phi) is 3.25. The highest BCUT2D eigenvalue weighted by Gasteiger charge is 2.22. The molecule has 0 radical (unpaired) electrons. The number of nitro groups is 1. The number of benzene rings is 2. The number of hydrogen-bond donors (Lipinski definition) is 1. The van der Waals surface area contributed by atoms with Crippen LogP contribution in [0.5, 0.6) is 5.75 Å². The van der Waals surface area contributed by atoms with Crippen LogP contribution >= 0.6 is 0 Å². The number of ether oxygens (including phenoxy) is 1. The minimum absolute atomic E-state index is 0.0333. The van der Waals surface area contributed by atoms with Crippen molar-refractivity contribution >= 4 is 11.4 Å². The van der Waals surface area contributed by atoms with Gasteiger partial charge < -0.3 is 10.1 Å². The van der Waals surface area contributed by atoms with Crippen LogP contribution < -0.4 is 10.1 Å². The van der Waals surface area contributed by atoms with E-state index in [0.29, 0.717) is 12.3 Å². The highest BCUT2D eigenvalue weighted by Crippen LogP contribution is 2.28. The molecule has 102 valence electrons. The van der Waals surface area contributed by atoms with Gasteiger partial charge in [-0.25, -0.2) is 0 Å². The molecule has 0 fully saturated rings. The lowest BCUT2D eigenvalue weighted by Gasteiger charge is -2.26. The van der Waals surface area contributed by atoms with Gasteiger partial charge in [-0.2, -0.15) is 0 Å². The second-order valence-corrected chi connectivity index (χ2v) is 4.74. The molecule has 1 heterocycles. The van der Waals surface area contributed by atoms with Gasteiger partial charge in [0.25, 0.3) is 5.69 Å². The van der Waals surface area contributed by atoms with Crippen molar-refractivity contribution in [2.45, 2.75) is 12.5 Å². The largest absolute Gasteiger partial charge is 0.491 e. The molecule has 0 saturated heterocycles. The summed E-state index contributed by atoms with van der Waals surface area (Å²) in [5.74, 6) is 0.896. The van der Waals surface area contributed by atoms with E-state index in [9.17, 15) is 10.1 Å². The van der Waals surface area contributed by atoms with Crippen LogP contribution in [0.15, 0.2) is 48.5 Å². The summed E-state index contributed by atoms with van der Waals surface area (Å²) >= 11 is 0. The molecule has 2 aromatic rings. The number of nitrogens with one attached hydrogen (secondary N) is 1. The Morgan fingerprint density at radius 3 is 2.75 bits per heavy atom. The third-order valence-corrected chi connectivity index (χ3v) is 3.34. The van der Waals surface area contributed by atoms with Gasteiger partial charge in [-0.3, -0.25) is 10.1 Å². The van der Waals surface area contributed by atoms with Crippen LogP contribution in [0.25, 0.3) is 0 Å². The summed E-state index contributed by atoms with van der Waals surface area (Å²) in [6.45, 7) is 0.503. The number of para-hydroxylation sites is 3. The maximum atomic E-state index is 11.0. The number of nitrogens with zero attached hydrogens (tertiary/aromatic N) is 1. The van der Waals surface area contributed by atoms with Crippen LogP contribution in [0, 0.1) is 10.1 Å². The second-order valence-electron chi connectivity index (χ2n) is 4.74. The lowest BCUT2D eigenvalue weighted by molar-refractivity contribution is -0.384. The van der Waals surface area contributed by atoms with Crippen molar-refractivity contribution in [2.75, 3.05) is 11.9 Å². The van der Waals surface area contributed by atoms with Crippen molar-refractivity contribution in [2.24, 2.45) is 0 Å². The Bertz CT molecular complexity index is 643. The summed E-state index contributed by atoms with van der Waals surface area (Å²) < 4.78 is 5.68. The van der Waals surface area contributed by atoms with Crippen LogP contribution in [0.2, 0.25) is 0 Å². The second kappa shape index (κ2) is 5.21. The lowest BCUT2D eigenvalue weighted by atomic mass is 10.0. The fourth-order valence-electron chi connectivity index (χ4n) is 2.40. The van der Waals surface area contributed by atoms with Gasteiger partial charge in [0.15, 0.2) is 0 Å². The molecule has 0 saturated carbocycles. The third-order valence-electron chi connectivity index (χ3n) is 3.34. The Labute approximate surface area is 116 Å². The van der Waals surface area contributed by atoms with E-state index < -0.39 is 0 Å². The summed E-state index contributed by atoms with van der Waals surface area (Å²) in [5.41, 5.74) is 1.74. The molecule has 0 spiro atoms. The number of fused-ring (bicyclic) bond motifs is 1. The predicted octanol–water partition coefficient (Wildman–Crippen LogP) is 3.01. The zero-order valence-corrected chi connectivity index (χ0v) is 10.8. The van der Waals surface area contributed by atoms with Crippen molar-refractivity contribution in [3.05, 3.63) is 64.2 Å². The van der Waals surface area contributed by atoms with Crippen molar-refractivity contribution in [1.82, 2.24) is 0 Å². The number of anilines is 1. The van der Waals surface area contributed by atoms with E-state index >= 15 is 0 Å². The van der Waals surface area contributed by atoms with E-state index in [1.807, 2.05) is 24.3 Å². The topological polar surface area (TPSA) is 64.4 Å². The lowest BCUT2D eigenvalue weighted by Crippen LogP contribution is -2.33. The van der Waals surface area contributed by atoms with Gasteiger partial charge in [0.05, 0.1) is 11.0 Å². The molecule has 0 unspecified atom stereocenters. The summed E-state index contributed by atoms with van der Waals surface area (Å²) in [6.07, 6.45) is 0.794. The molecule has 5 heteroatoms. The van der Waals surface area contributed by atoms with Crippen molar-refractivity contribution < 1.29 is 9.66 Å². The molecule has 0 aromatic heterocycles. The van der Waals surface area contributed by atoms with Gasteiger partial charge in [0.1, 0.15) is 18.0 Å². The van der Waals surface area contributed by atoms with Gasteiger partial charge in [0.2, 0.25) is 0 Å². The van der Waals surface area contributed by atoms with Crippen molar-refractivity contribution in [1.29, 1.82) is 0 Å². The first kappa shape index (κ1) is 12.5. The molecular weight excluding hydrogens is 256 g/mol. The van der Waals surface area contributed by atoms with Crippen molar-refractivity contribution in [3.8, 4) is 5.75 Å². The Balaban J connectivity index is 1.79. The zero-order valence-electron chi connectivity index (χ0n) is 10.8. The molecule has 1 N–H and O–H groups in total. The molecular formula is C15H14N2O3. The Morgan fingerprint density at radius 2 is 1.90 bits per heavy atom. The molecule has 1 aliphatic heterocycles. The third kappa shape index (κ3) is 2.42. The van der Waals surface area contributed by atoms with Gasteiger partial charge >= 0.3 is 0 Å². The predicted molar refractivity (Wildman–Crippen MR) is 76.1 cm³/mol. The first-order chi connectivity index (χ1) is 9.74. The number of hydrogen-bond acceptors (Lipinski definition) is 4. The first-order valence-corrected chi connectivity index (χ1v) is 6.44. The maximum absolute atomic E-state index is 11.0. The molecule has 1 atom stereocenters. The number of rotatable bonds is 3. The summed E-state index contributed by atoms with van der Waals surface area (Å²) in [4.78, 5) is 10.6. The summed E-state index contributed by atoms with van der Waals surface area (Å²) in [7, 11) is 0. The maximum Gasteiger partial charge on any atom is 0.292 e. The smallest absolute Gasteiger partial charge is 0.292 e. The summed E-state index contributed by atoms with van der Waals surface area (Å²) in [6, 6.07) is 14.6. The van der Waals surface area contributed by atoms with Gasteiger partial charge in [-0.1, -0.05) is 30.3 Å². The number of nitro benzene ring substituents is 1. The Morgan fingerprint density at radius 1 is 1.15 bits per heavy atom. The van der Waals surface area contributed by atoms with Gasteiger partial charge in [-0.05, 0) is 24.1 Å². The van der Waals surface area contributed by atoms with Crippen LogP contribution in [-0.2, 0) is 6.42 Å². The van der Waals surface area contributed by atoms with Crippen LogP contribution in [0.3, 0.4) is 0 Å². The summed E-state index contributed by atoms with van der Waals surface area (Å²) in [5, 5.41) is 14.2. The van der Waals surface area contributed by atoms with E-state index in [4.69, 9.17) is 4.74 Å². The first-order valence-electron chi connectivity index (χ1n) is 6.44. The van der Waals surface area contributed by atoms with Gasteiger partial charge in [0, 0.05) is 6.07 Å². The fourth-order valence-corrected chi connectivity index (χ4v) is 2.40. The van der Waals surface area contributed by atoms with Crippen LogP contribution in [0.4, 0.5) is 11.4 Å². The molecule has 20 heavy (non-hydrogen) atoms. The molecule has 0 amide bonds. The quantitative estimate of drug-likeness (QED) is 0.687. The minimum Gasteiger partial charge on any atom is -0.491 e. The molecule has 5 nitrogen and oxygen atoms in total. The standard InChI is InChI=1S/C15H14N2O3/c18-17(19)14-7-3-2-6-13(14)16-12-9-11-5-1-4-8-15(11)20-10-12/h1-8,12,16H,9-10H2/t12-/m0/s1. The van der Waals surface area contributed by atoms with E-state index in [-0.39, 0.29) is 16.7 Å². The van der Waals surface area contributed by atoms with Crippen LogP contribution in [-0.4, -0.2) is 17.6 Å². The van der Waals surface area contributed by atoms with Crippen molar-refractivity contribution in [3.63, 3.8) is 0 Å². The molecule has 1 aliphatic rings. The van der Waals surface area contributed by atoms with Crippen LogP contribution in [0.1, 0.15) is 5.56 Å². The van der Waals surface area contributed by atoms with E-state index in [2.05, 4.69) is 5.32 Å². The average molecular weight is 270 g/mol. The average Bonchev–Trinajstić information content (AvgIpc) is 2.47. The van der Waals surface area contributed by atoms with E-state index in [1.165, 1.54) is 6.07 Å². The highest BCUT2D eigenvalue weighted by molar-refractivity contribution is 5.61. The molecule has 0 bridgehead atoms. The molecule has 2 aromatic carbocycles. The van der Waals surface area contributed by atoms with E-state index in [1.54, 1.807) is 18.2 Å². The van der Waals surface area contributed by atoms with E-state index in [0.717, 1.165) is 17.7 Å². The molecule has 0 aliphatic carbocycles. The van der Waals surface area contributed by atoms with Gasteiger partial charge in [-0.15, -0.1) is 0 Å². The zero-order chi connectivity index (χ0) is 13.9. The normalized spacial score (nSPS) is 16.9. The fraction of sp³-hybridized carbons (Fsp3) is 0.200.